The van der Waals surface area contributed by atoms with Crippen LogP contribution in [0.15, 0.2) is 48.8 Å². The van der Waals surface area contributed by atoms with Crippen molar-refractivity contribution >= 4 is 17.7 Å². The third-order valence-electron chi connectivity index (χ3n) is 5.70. The molecular formula is C26H35N3O5. The van der Waals surface area contributed by atoms with Crippen molar-refractivity contribution < 1.29 is 23.8 Å². The minimum Gasteiger partial charge on any atom is -0.493 e. The average molecular weight is 470 g/mol. The molecule has 8 nitrogen and oxygen atoms in total. The molecule has 0 saturated carbocycles. The monoisotopic (exact) mass is 469 g/mol. The Kier molecular flexibility index (Phi) is 8.73. The van der Waals surface area contributed by atoms with Crippen LogP contribution < -0.4 is 15.0 Å². The molecule has 1 aromatic carbocycles. The van der Waals surface area contributed by atoms with Crippen LogP contribution in [0.4, 0.5) is 10.5 Å². The van der Waals surface area contributed by atoms with Crippen molar-refractivity contribution in [2.24, 2.45) is 5.92 Å². The first-order valence-corrected chi connectivity index (χ1v) is 11.7. The molecule has 8 heteroatoms. The maximum absolute atomic E-state index is 12.3. The molecule has 184 valence electrons. The Morgan fingerprint density at radius 3 is 2.32 bits per heavy atom. The first-order chi connectivity index (χ1) is 16.2. The maximum Gasteiger partial charge on any atom is 0.408 e. The van der Waals surface area contributed by atoms with Gasteiger partial charge in [-0.3, -0.25) is 9.78 Å². The predicted octanol–water partition coefficient (Wildman–Crippen LogP) is 4.51. The molecule has 1 atom stereocenters. The topological polar surface area (TPSA) is 90.0 Å². The van der Waals surface area contributed by atoms with Crippen LogP contribution in [-0.2, 0) is 14.3 Å². The second-order valence-corrected chi connectivity index (χ2v) is 9.49. The largest absolute Gasteiger partial charge is 0.493 e. The van der Waals surface area contributed by atoms with Crippen LogP contribution in [0.3, 0.4) is 0 Å². The highest BCUT2D eigenvalue weighted by atomic mass is 16.6. The predicted molar refractivity (Wildman–Crippen MR) is 130 cm³/mol. The summed E-state index contributed by atoms with van der Waals surface area (Å²) in [5, 5.41) is 2.76. The number of piperidine rings is 1. The van der Waals surface area contributed by atoms with Gasteiger partial charge >= 0.3 is 12.1 Å². The molecule has 34 heavy (non-hydrogen) atoms. The fourth-order valence-corrected chi connectivity index (χ4v) is 3.88. The van der Waals surface area contributed by atoms with E-state index >= 15 is 0 Å². The van der Waals surface area contributed by atoms with E-state index in [-0.39, 0.29) is 6.42 Å². The maximum atomic E-state index is 12.3. The van der Waals surface area contributed by atoms with Gasteiger partial charge in [0.15, 0.2) is 0 Å². The molecule has 1 aliphatic heterocycles. The SMILES string of the molecule is COC(=O)CC(NC(=O)OC(C)(C)C)c1ccc(OCC2CCN(c3ccncc3)CC2)cc1. The number of methoxy groups -OCH3 is 1. The summed E-state index contributed by atoms with van der Waals surface area (Å²) in [6, 6.07) is 11.0. The highest BCUT2D eigenvalue weighted by Crippen LogP contribution is 2.25. The Morgan fingerprint density at radius 2 is 1.74 bits per heavy atom. The van der Waals surface area contributed by atoms with E-state index in [2.05, 4.69) is 15.2 Å². The van der Waals surface area contributed by atoms with E-state index in [0.29, 0.717) is 12.5 Å². The van der Waals surface area contributed by atoms with Gasteiger partial charge in [0.05, 0.1) is 26.2 Å². The number of alkyl carbamates (subject to hydrolysis) is 1. The van der Waals surface area contributed by atoms with Gasteiger partial charge in [-0.05, 0) is 69.4 Å². The third kappa shape index (κ3) is 7.93. The second-order valence-electron chi connectivity index (χ2n) is 9.49. The molecule has 0 aliphatic carbocycles. The van der Waals surface area contributed by atoms with Crippen molar-refractivity contribution in [3.63, 3.8) is 0 Å². The zero-order valence-corrected chi connectivity index (χ0v) is 20.5. The normalized spacial score (nSPS) is 15.4. The van der Waals surface area contributed by atoms with Crippen LogP contribution in [-0.4, -0.2) is 49.5 Å². The molecule has 2 aromatic rings. The van der Waals surface area contributed by atoms with E-state index in [9.17, 15) is 9.59 Å². The second kappa shape index (κ2) is 11.7. The van der Waals surface area contributed by atoms with E-state index in [0.717, 1.165) is 37.2 Å². The summed E-state index contributed by atoms with van der Waals surface area (Å²) in [6.07, 6.45) is 5.22. The van der Waals surface area contributed by atoms with Crippen molar-refractivity contribution in [2.75, 3.05) is 31.7 Å². The first-order valence-electron chi connectivity index (χ1n) is 11.7. The summed E-state index contributed by atoms with van der Waals surface area (Å²) < 4.78 is 16.2. The molecule has 1 unspecified atom stereocenters. The number of hydrogen-bond donors (Lipinski definition) is 1. The Bertz CT molecular complexity index is 920. The van der Waals surface area contributed by atoms with Crippen LogP contribution >= 0.6 is 0 Å². The lowest BCUT2D eigenvalue weighted by atomic mass is 9.97. The smallest absolute Gasteiger partial charge is 0.408 e. The molecule has 2 heterocycles. The number of aromatic nitrogens is 1. The first kappa shape index (κ1) is 25.3. The quantitative estimate of drug-likeness (QED) is 0.569. The minimum atomic E-state index is -0.633. The molecule has 1 saturated heterocycles. The number of esters is 1. The molecule has 0 radical (unpaired) electrons. The summed E-state index contributed by atoms with van der Waals surface area (Å²) in [7, 11) is 1.32. The fraction of sp³-hybridized carbons (Fsp3) is 0.500. The summed E-state index contributed by atoms with van der Waals surface area (Å²) in [5.74, 6) is 0.840. The lowest BCUT2D eigenvalue weighted by Gasteiger charge is -2.33. The Morgan fingerprint density at radius 1 is 1.09 bits per heavy atom. The van der Waals surface area contributed by atoms with Crippen LogP contribution in [0, 0.1) is 5.92 Å². The van der Waals surface area contributed by atoms with Gasteiger partial charge < -0.3 is 24.4 Å². The number of nitrogens with zero attached hydrogens (tertiary/aromatic N) is 2. The van der Waals surface area contributed by atoms with Crippen molar-refractivity contribution in [3.05, 3.63) is 54.4 Å². The van der Waals surface area contributed by atoms with Gasteiger partial charge in [-0.1, -0.05) is 12.1 Å². The lowest BCUT2D eigenvalue weighted by Crippen LogP contribution is -2.36. The number of benzene rings is 1. The molecule has 1 fully saturated rings. The van der Waals surface area contributed by atoms with Crippen LogP contribution in [0.2, 0.25) is 0 Å². The number of anilines is 1. The number of carbonyl (C=O) groups is 2. The van der Waals surface area contributed by atoms with E-state index in [1.165, 1.54) is 12.8 Å². The Balaban J connectivity index is 1.52. The van der Waals surface area contributed by atoms with Crippen molar-refractivity contribution in [2.45, 2.75) is 51.7 Å². The molecule has 1 N–H and O–H groups in total. The van der Waals surface area contributed by atoms with Crippen LogP contribution in [0.25, 0.3) is 0 Å². The molecule has 1 aliphatic rings. The standard InChI is InChI=1S/C26H35N3O5/c1-26(2,3)34-25(31)28-23(17-24(30)32-4)20-5-7-22(8-6-20)33-18-19-11-15-29(16-12-19)21-9-13-27-14-10-21/h5-10,13-14,19,23H,11-12,15-18H2,1-4H3,(H,28,31). The van der Waals surface area contributed by atoms with Gasteiger partial charge in [-0.25, -0.2) is 4.79 Å². The average Bonchev–Trinajstić information content (AvgIpc) is 2.82. The Labute approximate surface area is 201 Å². The van der Waals surface area contributed by atoms with Gasteiger partial charge in [0.1, 0.15) is 11.4 Å². The number of carbonyl (C=O) groups excluding carboxylic acids is 2. The van der Waals surface area contributed by atoms with Gasteiger partial charge in [0.2, 0.25) is 0 Å². The van der Waals surface area contributed by atoms with Crippen molar-refractivity contribution in [1.29, 1.82) is 0 Å². The molecular weight excluding hydrogens is 434 g/mol. The van der Waals surface area contributed by atoms with Crippen molar-refractivity contribution in [1.82, 2.24) is 10.3 Å². The third-order valence-corrected chi connectivity index (χ3v) is 5.70. The summed E-state index contributed by atoms with van der Waals surface area (Å²) in [6.45, 7) is 8.03. The Hall–Kier alpha value is -3.29. The molecule has 3 rings (SSSR count). The van der Waals surface area contributed by atoms with E-state index in [1.807, 2.05) is 48.8 Å². The van der Waals surface area contributed by atoms with Gasteiger partial charge in [0, 0.05) is 31.2 Å². The zero-order chi connectivity index (χ0) is 24.6. The molecule has 0 bridgehead atoms. The fourth-order valence-electron chi connectivity index (χ4n) is 3.88. The molecule has 1 aromatic heterocycles. The number of hydrogen-bond acceptors (Lipinski definition) is 7. The highest BCUT2D eigenvalue weighted by Gasteiger charge is 2.23. The van der Waals surface area contributed by atoms with Gasteiger partial charge in [-0.15, -0.1) is 0 Å². The zero-order valence-electron chi connectivity index (χ0n) is 20.5. The number of nitrogens with one attached hydrogen (secondary N) is 1. The lowest BCUT2D eigenvalue weighted by molar-refractivity contribution is -0.141. The molecule has 0 spiro atoms. The summed E-state index contributed by atoms with van der Waals surface area (Å²) >= 11 is 0. The van der Waals surface area contributed by atoms with Gasteiger partial charge in [-0.2, -0.15) is 0 Å². The summed E-state index contributed by atoms with van der Waals surface area (Å²) in [5.41, 5.74) is 1.35. The number of amides is 1. The summed E-state index contributed by atoms with van der Waals surface area (Å²) in [4.78, 5) is 30.6. The van der Waals surface area contributed by atoms with E-state index < -0.39 is 23.7 Å². The van der Waals surface area contributed by atoms with E-state index in [4.69, 9.17) is 14.2 Å². The molecule has 1 amide bonds. The number of rotatable bonds is 8. The van der Waals surface area contributed by atoms with Crippen molar-refractivity contribution in [3.8, 4) is 5.75 Å². The van der Waals surface area contributed by atoms with Crippen LogP contribution in [0.1, 0.15) is 51.6 Å². The number of pyridine rings is 1. The number of ether oxygens (including phenoxy) is 3. The highest BCUT2D eigenvalue weighted by molar-refractivity contribution is 5.73. The van der Waals surface area contributed by atoms with Crippen LogP contribution in [0.5, 0.6) is 5.75 Å². The minimum absolute atomic E-state index is 0.00595. The van der Waals surface area contributed by atoms with Gasteiger partial charge in [0.25, 0.3) is 0 Å². The van der Waals surface area contributed by atoms with E-state index in [1.54, 1.807) is 20.8 Å².